The summed E-state index contributed by atoms with van der Waals surface area (Å²) in [5, 5.41) is -0.369. The molecule has 0 bridgehead atoms. The third-order valence-electron chi connectivity index (χ3n) is 4.43. The van der Waals surface area contributed by atoms with Gasteiger partial charge in [-0.15, -0.1) is 11.8 Å². The summed E-state index contributed by atoms with van der Waals surface area (Å²) in [5.41, 5.74) is -1.15. The molecule has 0 spiro atoms. The number of hydrogen-bond donors (Lipinski definition) is 1. The summed E-state index contributed by atoms with van der Waals surface area (Å²) < 4.78 is 67.2. The third kappa shape index (κ3) is 6.94. The second-order valence-corrected chi connectivity index (χ2v) is 10.2. The van der Waals surface area contributed by atoms with Crippen LogP contribution in [0.5, 0.6) is 0 Å². The number of rotatable bonds is 9. The minimum atomic E-state index is -4.81. The van der Waals surface area contributed by atoms with Gasteiger partial charge in [0.15, 0.2) is 0 Å². The number of amides is 1. The van der Waals surface area contributed by atoms with Crippen molar-refractivity contribution in [2.75, 3.05) is 23.6 Å². The molecule has 0 radical (unpaired) electrons. The lowest BCUT2D eigenvalue weighted by Crippen LogP contribution is -2.30. The topological polar surface area (TPSA) is 66.5 Å². The highest BCUT2D eigenvalue weighted by atomic mass is 35.5. The van der Waals surface area contributed by atoms with Crippen LogP contribution in [-0.2, 0) is 21.0 Å². The molecule has 176 valence electrons. The van der Waals surface area contributed by atoms with Crippen LogP contribution in [0.1, 0.15) is 25.8 Å². The molecule has 0 saturated carbocycles. The Morgan fingerprint density at radius 1 is 1.09 bits per heavy atom. The highest BCUT2D eigenvalue weighted by Gasteiger charge is 2.34. The van der Waals surface area contributed by atoms with Gasteiger partial charge in [-0.25, -0.2) is 8.42 Å². The normalized spacial score (nSPS) is 12.0. The highest BCUT2D eigenvalue weighted by molar-refractivity contribution is 7.99. The van der Waals surface area contributed by atoms with Gasteiger partial charge in [0, 0.05) is 35.2 Å². The fraction of sp³-hybridized carbons (Fsp3) is 0.350. The Morgan fingerprint density at radius 3 is 2.34 bits per heavy atom. The molecule has 2 rings (SSSR count). The first-order chi connectivity index (χ1) is 14.9. The minimum Gasteiger partial charge on any atom is -0.343 e. The lowest BCUT2D eigenvalue weighted by atomic mass is 10.2. The van der Waals surface area contributed by atoms with Gasteiger partial charge in [-0.2, -0.15) is 13.2 Å². The van der Waals surface area contributed by atoms with E-state index in [1.807, 2.05) is 13.8 Å². The predicted octanol–water partition coefficient (Wildman–Crippen LogP) is 6.16. The molecule has 0 fully saturated rings. The number of thioether (sulfide) groups is 1. The van der Waals surface area contributed by atoms with Crippen LogP contribution in [0.3, 0.4) is 0 Å². The molecular weight excluding hydrogens is 508 g/mol. The van der Waals surface area contributed by atoms with Gasteiger partial charge in [-0.3, -0.25) is 9.52 Å². The van der Waals surface area contributed by atoms with E-state index in [0.29, 0.717) is 29.8 Å². The average Bonchev–Trinajstić information content (AvgIpc) is 2.69. The predicted molar refractivity (Wildman–Crippen MR) is 122 cm³/mol. The van der Waals surface area contributed by atoms with Gasteiger partial charge in [0.05, 0.1) is 21.2 Å². The van der Waals surface area contributed by atoms with E-state index in [4.69, 9.17) is 23.2 Å². The molecule has 0 saturated heterocycles. The summed E-state index contributed by atoms with van der Waals surface area (Å²) in [4.78, 5) is 13.7. The van der Waals surface area contributed by atoms with E-state index in [9.17, 15) is 26.4 Å². The second kappa shape index (κ2) is 11.0. The molecule has 0 atom stereocenters. The van der Waals surface area contributed by atoms with E-state index in [1.165, 1.54) is 17.8 Å². The van der Waals surface area contributed by atoms with Gasteiger partial charge in [0.2, 0.25) is 5.91 Å². The molecule has 0 aliphatic rings. The van der Waals surface area contributed by atoms with Gasteiger partial charge < -0.3 is 4.90 Å². The van der Waals surface area contributed by atoms with Crippen molar-refractivity contribution in [1.29, 1.82) is 0 Å². The Kier molecular flexibility index (Phi) is 9.15. The summed E-state index contributed by atoms with van der Waals surface area (Å²) >= 11 is 12.8. The quantitative estimate of drug-likeness (QED) is 0.395. The van der Waals surface area contributed by atoms with E-state index >= 15 is 0 Å². The second-order valence-electron chi connectivity index (χ2n) is 6.55. The molecular formula is C20H21Cl2F3N2O3S2. The number of sulfonamides is 1. The van der Waals surface area contributed by atoms with Crippen LogP contribution in [0, 0.1) is 0 Å². The number of anilines is 1. The monoisotopic (exact) mass is 528 g/mol. The largest absolute Gasteiger partial charge is 0.417 e. The lowest BCUT2D eigenvalue weighted by Gasteiger charge is -2.18. The Bertz CT molecular complexity index is 1080. The van der Waals surface area contributed by atoms with Crippen molar-refractivity contribution in [2.45, 2.75) is 36.2 Å². The SMILES string of the molecule is CCN(CC)C(=O)CCSc1ccc(Cl)cc1NS(=O)(=O)c1ccc(Cl)c(C(F)(F)F)c1. The Morgan fingerprint density at radius 2 is 1.75 bits per heavy atom. The number of nitrogens with one attached hydrogen (secondary N) is 1. The average molecular weight is 529 g/mol. The summed E-state index contributed by atoms with van der Waals surface area (Å²) in [6.45, 7) is 4.93. The fourth-order valence-corrected chi connectivity index (χ4v) is 5.27. The molecule has 0 heterocycles. The zero-order valence-corrected chi connectivity index (χ0v) is 20.3. The van der Waals surface area contributed by atoms with Crippen molar-refractivity contribution >= 4 is 56.6 Å². The first-order valence-corrected chi connectivity index (χ1v) is 12.7. The van der Waals surface area contributed by atoms with Crippen LogP contribution < -0.4 is 4.72 Å². The van der Waals surface area contributed by atoms with Gasteiger partial charge in [0.25, 0.3) is 10.0 Å². The third-order valence-corrected chi connectivity index (χ3v) is 7.43. The van der Waals surface area contributed by atoms with Crippen molar-refractivity contribution in [3.8, 4) is 0 Å². The Balaban J connectivity index is 2.25. The standard InChI is InChI=1S/C20H21Cl2F3N2O3S2/c1-3-27(4-2)19(28)9-10-31-18-8-5-13(21)11-17(18)26-32(29,30)14-6-7-16(22)15(12-14)20(23,24)25/h5-8,11-12,26H,3-4,9-10H2,1-2H3. The summed E-state index contributed by atoms with van der Waals surface area (Å²) in [7, 11) is -4.37. The van der Waals surface area contributed by atoms with Crippen molar-refractivity contribution in [1.82, 2.24) is 4.90 Å². The molecule has 1 amide bonds. The highest BCUT2D eigenvalue weighted by Crippen LogP contribution is 2.37. The van der Waals surface area contributed by atoms with Gasteiger partial charge in [-0.05, 0) is 50.2 Å². The van der Waals surface area contributed by atoms with Crippen molar-refractivity contribution in [2.24, 2.45) is 0 Å². The number of nitrogens with zero attached hydrogens (tertiary/aromatic N) is 1. The lowest BCUT2D eigenvalue weighted by molar-refractivity contribution is -0.137. The number of halogens is 5. The summed E-state index contributed by atoms with van der Waals surface area (Å²) in [6, 6.07) is 6.83. The molecule has 0 unspecified atom stereocenters. The maximum atomic E-state index is 13.1. The van der Waals surface area contributed by atoms with E-state index in [1.54, 1.807) is 17.0 Å². The zero-order valence-electron chi connectivity index (χ0n) is 17.2. The van der Waals surface area contributed by atoms with Crippen LogP contribution in [0.2, 0.25) is 10.0 Å². The summed E-state index contributed by atoms with van der Waals surface area (Å²) in [6.07, 6.45) is -4.57. The van der Waals surface area contributed by atoms with E-state index < -0.39 is 31.7 Å². The Labute approximate surface area is 199 Å². The van der Waals surface area contributed by atoms with Crippen LogP contribution in [0.25, 0.3) is 0 Å². The van der Waals surface area contributed by atoms with Crippen molar-refractivity contribution in [3.05, 3.63) is 52.0 Å². The van der Waals surface area contributed by atoms with Crippen LogP contribution in [0.4, 0.5) is 18.9 Å². The fourth-order valence-electron chi connectivity index (χ4n) is 2.78. The van der Waals surface area contributed by atoms with Crippen LogP contribution in [-0.4, -0.2) is 38.1 Å². The van der Waals surface area contributed by atoms with E-state index in [0.717, 1.165) is 12.1 Å². The molecule has 0 aliphatic carbocycles. The van der Waals surface area contributed by atoms with Gasteiger partial charge in [-0.1, -0.05) is 23.2 Å². The van der Waals surface area contributed by atoms with Gasteiger partial charge in [0.1, 0.15) is 0 Å². The maximum Gasteiger partial charge on any atom is 0.417 e. The molecule has 2 aromatic carbocycles. The molecule has 12 heteroatoms. The maximum absolute atomic E-state index is 13.1. The molecule has 2 aromatic rings. The van der Waals surface area contributed by atoms with Crippen LogP contribution >= 0.6 is 35.0 Å². The summed E-state index contributed by atoms with van der Waals surface area (Å²) in [5.74, 6) is 0.352. The van der Waals surface area contributed by atoms with Crippen molar-refractivity contribution in [3.63, 3.8) is 0 Å². The van der Waals surface area contributed by atoms with Crippen molar-refractivity contribution < 1.29 is 26.4 Å². The van der Waals surface area contributed by atoms with E-state index in [2.05, 4.69) is 4.72 Å². The number of alkyl halides is 3. The molecule has 5 nitrogen and oxygen atoms in total. The number of carbonyl (C=O) groups excluding carboxylic acids is 1. The molecule has 1 N–H and O–H groups in total. The van der Waals surface area contributed by atoms with Gasteiger partial charge >= 0.3 is 6.18 Å². The zero-order chi connectivity index (χ0) is 24.1. The number of benzene rings is 2. The molecule has 0 aliphatic heterocycles. The molecule has 32 heavy (non-hydrogen) atoms. The first kappa shape index (κ1) is 26.6. The number of carbonyl (C=O) groups is 1. The smallest absolute Gasteiger partial charge is 0.343 e. The minimum absolute atomic E-state index is 0.0283. The molecule has 0 aromatic heterocycles. The Hall–Kier alpha value is -1.62. The first-order valence-electron chi connectivity index (χ1n) is 9.48. The van der Waals surface area contributed by atoms with Crippen LogP contribution in [0.15, 0.2) is 46.2 Å². The number of hydrogen-bond acceptors (Lipinski definition) is 4. The van der Waals surface area contributed by atoms with E-state index in [-0.39, 0.29) is 23.0 Å².